The molecule has 3 N–H and O–H groups in total. The van der Waals surface area contributed by atoms with Crippen LogP contribution in [0.25, 0.3) is 0 Å². The summed E-state index contributed by atoms with van der Waals surface area (Å²) in [5.41, 5.74) is 1.21. The lowest BCUT2D eigenvalue weighted by Gasteiger charge is -2.36. The van der Waals surface area contributed by atoms with Gasteiger partial charge in [-0.15, -0.1) is 11.3 Å². The first kappa shape index (κ1) is 29.3. The molecule has 3 aromatic rings. The molecule has 11 heteroatoms. The molecule has 0 saturated carbocycles. The fourth-order valence-electron chi connectivity index (χ4n) is 3.63. The van der Waals surface area contributed by atoms with Gasteiger partial charge in [0.2, 0.25) is 5.91 Å². The number of aromatic nitrogens is 1. The first-order valence-electron chi connectivity index (χ1n) is 12.4. The highest BCUT2D eigenvalue weighted by atomic mass is 32.1. The SMILES string of the molecule is CCc1cnc(NC(=O)OC(C)(C)C)s1.O=C(O)C1CC(=O)N1C(=O)NC(c1ccccc1)c1ccccc1. The molecule has 2 heterocycles. The van der Waals surface area contributed by atoms with Crippen LogP contribution in [0.5, 0.6) is 0 Å². The van der Waals surface area contributed by atoms with Crippen LogP contribution in [0.1, 0.15) is 56.2 Å². The van der Waals surface area contributed by atoms with Crippen LogP contribution in [0.4, 0.5) is 14.7 Å². The summed E-state index contributed by atoms with van der Waals surface area (Å²) in [5.74, 6) is -1.67. The highest BCUT2D eigenvalue weighted by Crippen LogP contribution is 2.25. The summed E-state index contributed by atoms with van der Waals surface area (Å²) < 4.78 is 5.10. The second-order valence-electron chi connectivity index (χ2n) is 9.64. The fraction of sp³-hybridized carbons (Fsp3) is 0.321. The van der Waals surface area contributed by atoms with Gasteiger partial charge in [0.1, 0.15) is 11.6 Å². The van der Waals surface area contributed by atoms with Gasteiger partial charge in [0.15, 0.2) is 5.13 Å². The number of hydrogen-bond acceptors (Lipinski definition) is 7. The predicted octanol–water partition coefficient (Wildman–Crippen LogP) is 5.22. The topological polar surface area (TPSA) is 138 Å². The van der Waals surface area contributed by atoms with E-state index in [-0.39, 0.29) is 6.42 Å². The Bertz CT molecular complexity index is 1250. The number of carbonyl (C=O) groups excluding carboxylic acids is 3. The maximum Gasteiger partial charge on any atom is 0.413 e. The lowest BCUT2D eigenvalue weighted by atomic mass is 9.98. The first-order chi connectivity index (χ1) is 18.5. The van der Waals surface area contributed by atoms with Crippen molar-refractivity contribution in [2.75, 3.05) is 5.32 Å². The quantitative estimate of drug-likeness (QED) is 0.356. The maximum absolute atomic E-state index is 12.4. The van der Waals surface area contributed by atoms with Crippen LogP contribution in [0.3, 0.4) is 0 Å². The van der Waals surface area contributed by atoms with Gasteiger partial charge in [-0.3, -0.25) is 10.1 Å². The zero-order valence-corrected chi connectivity index (χ0v) is 23.0. The molecule has 39 heavy (non-hydrogen) atoms. The second kappa shape index (κ2) is 13.0. The van der Waals surface area contributed by atoms with E-state index in [0.29, 0.717) is 5.13 Å². The summed E-state index contributed by atoms with van der Waals surface area (Å²) in [5, 5.41) is 15.0. The molecule has 1 fully saturated rings. The summed E-state index contributed by atoms with van der Waals surface area (Å²) in [6.07, 6.45) is 2.08. The molecule has 4 rings (SSSR count). The van der Waals surface area contributed by atoms with Crippen LogP contribution in [0.2, 0.25) is 0 Å². The normalized spacial score (nSPS) is 14.5. The van der Waals surface area contributed by atoms with Gasteiger partial charge in [-0.25, -0.2) is 24.3 Å². The molecular formula is C28H32N4O6S. The number of nitrogens with zero attached hydrogens (tertiary/aromatic N) is 2. The number of aryl methyl sites for hydroxylation is 1. The number of nitrogens with one attached hydrogen (secondary N) is 2. The molecule has 1 aromatic heterocycles. The molecule has 0 aliphatic carbocycles. The number of rotatable bonds is 6. The Morgan fingerprint density at radius 1 is 1.08 bits per heavy atom. The minimum Gasteiger partial charge on any atom is -0.480 e. The molecule has 0 radical (unpaired) electrons. The highest BCUT2D eigenvalue weighted by Gasteiger charge is 2.46. The third-order valence-electron chi connectivity index (χ3n) is 5.50. The maximum atomic E-state index is 12.4. The number of thiazole rings is 1. The van der Waals surface area contributed by atoms with E-state index in [9.17, 15) is 19.2 Å². The fourth-order valence-corrected chi connectivity index (χ4v) is 4.37. The smallest absolute Gasteiger partial charge is 0.413 e. The number of anilines is 1. The van der Waals surface area contributed by atoms with Gasteiger partial charge in [0.25, 0.3) is 0 Å². The Balaban J connectivity index is 0.000000242. The Morgan fingerprint density at radius 2 is 1.64 bits per heavy atom. The van der Waals surface area contributed by atoms with E-state index in [1.54, 1.807) is 6.20 Å². The summed E-state index contributed by atoms with van der Waals surface area (Å²) in [6, 6.07) is 16.4. The zero-order chi connectivity index (χ0) is 28.6. The summed E-state index contributed by atoms with van der Waals surface area (Å²) in [7, 11) is 0. The van der Waals surface area contributed by atoms with E-state index >= 15 is 0 Å². The number of hydrogen-bond donors (Lipinski definition) is 3. The van der Waals surface area contributed by atoms with Crippen LogP contribution >= 0.6 is 11.3 Å². The lowest BCUT2D eigenvalue weighted by Crippen LogP contribution is -2.62. The molecule has 0 bridgehead atoms. The van der Waals surface area contributed by atoms with Crippen molar-refractivity contribution in [2.24, 2.45) is 0 Å². The van der Waals surface area contributed by atoms with Crippen molar-refractivity contribution in [3.63, 3.8) is 0 Å². The van der Waals surface area contributed by atoms with E-state index in [2.05, 4.69) is 15.6 Å². The number of ether oxygens (including phenoxy) is 1. The molecule has 4 amide bonds. The van der Waals surface area contributed by atoms with Gasteiger partial charge in [-0.1, -0.05) is 67.6 Å². The van der Waals surface area contributed by atoms with E-state index in [1.165, 1.54) is 11.3 Å². The van der Waals surface area contributed by atoms with Crippen molar-refractivity contribution in [3.05, 3.63) is 82.9 Å². The number of benzene rings is 2. The van der Waals surface area contributed by atoms with E-state index in [0.717, 1.165) is 27.3 Å². The Labute approximate surface area is 231 Å². The second-order valence-corrected chi connectivity index (χ2v) is 10.8. The van der Waals surface area contributed by atoms with Crippen molar-refractivity contribution in [3.8, 4) is 0 Å². The van der Waals surface area contributed by atoms with Crippen LogP contribution < -0.4 is 10.6 Å². The number of carbonyl (C=O) groups is 4. The molecule has 1 aliphatic heterocycles. The van der Waals surface area contributed by atoms with Crippen molar-refractivity contribution < 1.29 is 29.0 Å². The molecule has 0 spiro atoms. The number of carboxylic acids is 1. The average Bonchev–Trinajstić information content (AvgIpc) is 3.33. The molecule has 10 nitrogen and oxygen atoms in total. The monoisotopic (exact) mass is 552 g/mol. The Morgan fingerprint density at radius 3 is 2.08 bits per heavy atom. The van der Waals surface area contributed by atoms with Crippen LogP contribution in [0.15, 0.2) is 66.9 Å². The summed E-state index contributed by atoms with van der Waals surface area (Å²) in [6.45, 7) is 7.52. The van der Waals surface area contributed by atoms with Gasteiger partial charge >= 0.3 is 18.1 Å². The minimum absolute atomic E-state index is 0.149. The number of amides is 4. The van der Waals surface area contributed by atoms with Crippen LogP contribution in [-0.2, 0) is 20.7 Å². The summed E-state index contributed by atoms with van der Waals surface area (Å²) >= 11 is 1.46. The van der Waals surface area contributed by atoms with E-state index in [4.69, 9.17) is 9.84 Å². The number of imide groups is 1. The molecule has 1 saturated heterocycles. The van der Waals surface area contributed by atoms with E-state index < -0.39 is 41.7 Å². The zero-order valence-electron chi connectivity index (χ0n) is 22.2. The van der Waals surface area contributed by atoms with Crippen molar-refractivity contribution in [1.82, 2.24) is 15.2 Å². The van der Waals surface area contributed by atoms with Gasteiger partial charge < -0.3 is 15.2 Å². The summed E-state index contributed by atoms with van der Waals surface area (Å²) in [4.78, 5) is 52.5. The largest absolute Gasteiger partial charge is 0.480 e. The van der Waals surface area contributed by atoms with E-state index in [1.807, 2.05) is 88.4 Å². The molecule has 1 aliphatic rings. The van der Waals surface area contributed by atoms with Crippen molar-refractivity contribution in [1.29, 1.82) is 0 Å². The molecule has 206 valence electrons. The number of likely N-dealkylation sites (tertiary alicyclic amines) is 1. The minimum atomic E-state index is -1.18. The molecular weight excluding hydrogens is 520 g/mol. The average molecular weight is 553 g/mol. The predicted molar refractivity (Wildman–Crippen MR) is 147 cm³/mol. The van der Waals surface area contributed by atoms with Gasteiger partial charge in [0, 0.05) is 11.1 Å². The number of urea groups is 1. The van der Waals surface area contributed by atoms with Crippen molar-refractivity contribution >= 4 is 40.5 Å². The number of carboxylic acid groups (broad SMARTS) is 1. The van der Waals surface area contributed by atoms with Crippen LogP contribution in [0, 0.1) is 0 Å². The van der Waals surface area contributed by atoms with Crippen LogP contribution in [-0.4, -0.2) is 50.6 Å². The molecule has 1 atom stereocenters. The highest BCUT2D eigenvalue weighted by molar-refractivity contribution is 7.15. The molecule has 2 aromatic carbocycles. The lowest BCUT2D eigenvalue weighted by molar-refractivity contribution is -0.157. The Hall–Kier alpha value is -4.25. The van der Waals surface area contributed by atoms with Gasteiger partial charge in [-0.05, 0) is 38.3 Å². The molecule has 1 unspecified atom stereocenters. The van der Waals surface area contributed by atoms with Crippen molar-refractivity contribution in [2.45, 2.75) is 58.2 Å². The third-order valence-corrected chi connectivity index (χ3v) is 6.55. The number of β-lactam (4-membered cyclic amide) rings is 1. The standard InChI is InChI=1S/C18H16N2O4.C10H16N2O2S/c21-15-11-14(17(22)23)20(15)18(24)19-16(12-7-3-1-4-8-12)13-9-5-2-6-10-13;1-5-7-6-11-8(15-7)12-9(13)14-10(2,3)4/h1-10,14,16H,11H2,(H,19,24)(H,22,23);6H,5H2,1-4H3,(H,11,12,13). The van der Waals surface area contributed by atoms with Gasteiger partial charge in [0.05, 0.1) is 12.5 Å². The van der Waals surface area contributed by atoms with Gasteiger partial charge in [-0.2, -0.15) is 0 Å². The third kappa shape index (κ3) is 8.37. The first-order valence-corrected chi connectivity index (χ1v) is 13.2. The number of aliphatic carboxylic acids is 1. The Kier molecular flexibility index (Phi) is 9.78.